The van der Waals surface area contributed by atoms with Gasteiger partial charge in [-0.3, -0.25) is 9.13 Å². The maximum absolute atomic E-state index is 9.54. The minimum atomic E-state index is 0.620. The van der Waals surface area contributed by atoms with E-state index in [1.807, 2.05) is 80.1 Å². The summed E-state index contributed by atoms with van der Waals surface area (Å²) >= 11 is 0. The Labute approximate surface area is 243 Å². The van der Waals surface area contributed by atoms with E-state index in [4.69, 9.17) is 14.7 Å². The van der Waals surface area contributed by atoms with Gasteiger partial charge in [-0.15, -0.1) is 0 Å². The summed E-state index contributed by atoms with van der Waals surface area (Å²) < 4.78 is 10.7. The molecule has 3 aromatic heterocycles. The summed E-state index contributed by atoms with van der Waals surface area (Å²) in [7, 11) is 0. The van der Waals surface area contributed by atoms with E-state index in [1.165, 1.54) is 11.1 Å². The van der Waals surface area contributed by atoms with E-state index in [0.29, 0.717) is 17.1 Å². The molecule has 0 radical (unpaired) electrons. The van der Waals surface area contributed by atoms with Gasteiger partial charge in [0, 0.05) is 41.0 Å². The summed E-state index contributed by atoms with van der Waals surface area (Å²) in [5, 5.41) is 11.6. The van der Waals surface area contributed by atoms with E-state index in [0.717, 1.165) is 50.3 Å². The smallest absolute Gasteiger partial charge is 0.144 e. The first-order chi connectivity index (χ1) is 20.5. The SMILES string of the molecule is Cc1ccc(-n2c3ccc(C#N)cc3c3ccc(Oc4cccc(-c5nccn5-c5c(C)cccc5C)c4)cc32)nc1. The van der Waals surface area contributed by atoms with Crippen LogP contribution in [0.5, 0.6) is 11.5 Å². The van der Waals surface area contributed by atoms with Crippen molar-refractivity contribution in [2.24, 2.45) is 0 Å². The first-order valence-electron chi connectivity index (χ1n) is 13.8. The van der Waals surface area contributed by atoms with Crippen molar-refractivity contribution in [1.29, 1.82) is 5.26 Å². The van der Waals surface area contributed by atoms with Gasteiger partial charge in [0.25, 0.3) is 0 Å². The standard InChI is InChI=1S/C36H27N5O/c1-23-10-15-34(39-22-23)41-32-14-11-26(21-37)18-31(32)30-13-12-29(20-33(30)41)42-28-9-5-8-27(19-28)36-38-16-17-40(36)35-24(2)6-4-7-25(35)3/h4-20,22H,1-3H3. The highest BCUT2D eigenvalue weighted by Gasteiger charge is 2.16. The fraction of sp³-hybridized carbons (Fsp3) is 0.0833. The van der Waals surface area contributed by atoms with Gasteiger partial charge >= 0.3 is 0 Å². The van der Waals surface area contributed by atoms with Crippen LogP contribution in [-0.2, 0) is 0 Å². The van der Waals surface area contributed by atoms with Crippen molar-refractivity contribution in [3.05, 3.63) is 132 Å². The van der Waals surface area contributed by atoms with Gasteiger partial charge in [-0.25, -0.2) is 9.97 Å². The lowest BCUT2D eigenvalue weighted by molar-refractivity contribution is 0.483. The van der Waals surface area contributed by atoms with Crippen molar-refractivity contribution >= 4 is 21.8 Å². The molecule has 0 atom stereocenters. The van der Waals surface area contributed by atoms with Crippen LogP contribution in [0, 0.1) is 32.1 Å². The van der Waals surface area contributed by atoms with Crippen LogP contribution in [0.3, 0.4) is 0 Å². The van der Waals surface area contributed by atoms with Crippen LogP contribution in [0.15, 0.2) is 110 Å². The van der Waals surface area contributed by atoms with Gasteiger partial charge in [-0.2, -0.15) is 5.26 Å². The Balaban J connectivity index is 1.31. The summed E-state index contributed by atoms with van der Waals surface area (Å²) in [5.41, 5.74) is 8.13. The molecular formula is C36H27N5O. The van der Waals surface area contributed by atoms with Gasteiger partial charge in [0.15, 0.2) is 0 Å². The van der Waals surface area contributed by atoms with Crippen molar-refractivity contribution in [2.45, 2.75) is 20.8 Å². The summed E-state index contributed by atoms with van der Waals surface area (Å²) in [4.78, 5) is 9.41. The lowest BCUT2D eigenvalue weighted by Crippen LogP contribution is -2.01. The van der Waals surface area contributed by atoms with Crippen molar-refractivity contribution in [3.63, 3.8) is 0 Å². The van der Waals surface area contributed by atoms with Gasteiger partial charge in [0.05, 0.1) is 28.4 Å². The molecule has 0 amide bonds. The first kappa shape index (κ1) is 25.3. The number of pyridine rings is 1. The Morgan fingerprint density at radius 2 is 1.55 bits per heavy atom. The number of aromatic nitrogens is 4. The molecule has 7 aromatic rings. The largest absolute Gasteiger partial charge is 0.457 e. The van der Waals surface area contributed by atoms with Gasteiger partial charge in [-0.05, 0) is 86.0 Å². The first-order valence-corrected chi connectivity index (χ1v) is 13.8. The van der Waals surface area contributed by atoms with Crippen molar-refractivity contribution in [2.75, 3.05) is 0 Å². The number of aryl methyl sites for hydroxylation is 3. The zero-order chi connectivity index (χ0) is 28.8. The Kier molecular flexibility index (Phi) is 6.06. The molecule has 0 aliphatic heterocycles. The number of nitriles is 1. The second kappa shape index (κ2) is 10.1. The number of ether oxygens (including phenoxy) is 1. The van der Waals surface area contributed by atoms with Gasteiger partial charge in [0.1, 0.15) is 23.1 Å². The molecular weight excluding hydrogens is 518 g/mol. The van der Waals surface area contributed by atoms with Crippen LogP contribution in [0.25, 0.3) is 44.7 Å². The molecule has 0 N–H and O–H groups in total. The van der Waals surface area contributed by atoms with Crippen LogP contribution in [0.4, 0.5) is 0 Å². The monoisotopic (exact) mass is 545 g/mol. The Morgan fingerprint density at radius 3 is 2.33 bits per heavy atom. The predicted octanol–water partition coefficient (Wildman–Crippen LogP) is 8.62. The summed E-state index contributed by atoms with van der Waals surface area (Å²) in [5.74, 6) is 3.08. The normalized spacial score (nSPS) is 11.2. The van der Waals surface area contributed by atoms with Crippen LogP contribution < -0.4 is 4.74 Å². The van der Waals surface area contributed by atoms with Crippen molar-refractivity contribution in [3.8, 4) is 40.5 Å². The maximum atomic E-state index is 9.54. The lowest BCUT2D eigenvalue weighted by Gasteiger charge is -2.14. The third-order valence-corrected chi connectivity index (χ3v) is 7.64. The highest BCUT2D eigenvalue weighted by molar-refractivity contribution is 6.09. The second-order valence-electron chi connectivity index (χ2n) is 10.5. The molecule has 4 aromatic carbocycles. The molecule has 0 spiro atoms. The molecule has 0 aliphatic carbocycles. The molecule has 202 valence electrons. The zero-order valence-corrected chi connectivity index (χ0v) is 23.5. The molecule has 3 heterocycles. The summed E-state index contributed by atoms with van der Waals surface area (Å²) in [6.45, 7) is 6.26. The molecule has 0 fully saturated rings. The van der Waals surface area contributed by atoms with E-state index in [1.54, 1.807) is 0 Å². The fourth-order valence-electron chi connectivity index (χ4n) is 5.69. The number of imidazole rings is 1. The number of benzene rings is 4. The Hall–Kier alpha value is -5.67. The van der Waals surface area contributed by atoms with Gasteiger partial charge in [0.2, 0.25) is 0 Å². The van der Waals surface area contributed by atoms with E-state index in [2.05, 4.69) is 65.4 Å². The number of hydrogen-bond acceptors (Lipinski definition) is 4. The second-order valence-corrected chi connectivity index (χ2v) is 10.5. The molecule has 0 saturated carbocycles. The average Bonchev–Trinajstić information content (AvgIpc) is 3.60. The fourth-order valence-corrected chi connectivity index (χ4v) is 5.69. The maximum Gasteiger partial charge on any atom is 0.144 e. The van der Waals surface area contributed by atoms with Gasteiger partial charge < -0.3 is 4.74 Å². The number of rotatable bonds is 5. The predicted molar refractivity (Wildman–Crippen MR) is 167 cm³/mol. The highest BCUT2D eigenvalue weighted by Crippen LogP contribution is 2.36. The van der Waals surface area contributed by atoms with E-state index in [-0.39, 0.29) is 0 Å². The molecule has 7 rings (SSSR count). The zero-order valence-electron chi connectivity index (χ0n) is 23.5. The van der Waals surface area contributed by atoms with E-state index < -0.39 is 0 Å². The van der Waals surface area contributed by atoms with E-state index in [9.17, 15) is 5.26 Å². The molecule has 0 bridgehead atoms. The summed E-state index contributed by atoms with van der Waals surface area (Å²) in [6.07, 6.45) is 5.70. The number of para-hydroxylation sites is 1. The number of hydrogen-bond donors (Lipinski definition) is 0. The molecule has 0 aliphatic rings. The Morgan fingerprint density at radius 1 is 0.738 bits per heavy atom. The van der Waals surface area contributed by atoms with Crippen LogP contribution >= 0.6 is 0 Å². The number of fused-ring (bicyclic) bond motifs is 3. The van der Waals surface area contributed by atoms with Crippen LogP contribution in [0.1, 0.15) is 22.3 Å². The van der Waals surface area contributed by atoms with Gasteiger partial charge in [-0.1, -0.05) is 36.4 Å². The van der Waals surface area contributed by atoms with Crippen molar-refractivity contribution in [1.82, 2.24) is 19.1 Å². The summed E-state index contributed by atoms with van der Waals surface area (Å²) in [6, 6.07) is 32.5. The Bertz CT molecular complexity index is 2140. The molecule has 42 heavy (non-hydrogen) atoms. The molecule has 0 saturated heterocycles. The van der Waals surface area contributed by atoms with Crippen molar-refractivity contribution < 1.29 is 4.74 Å². The number of nitrogens with zero attached hydrogens (tertiary/aromatic N) is 5. The third kappa shape index (κ3) is 4.29. The molecule has 0 unspecified atom stereocenters. The highest BCUT2D eigenvalue weighted by atomic mass is 16.5. The lowest BCUT2D eigenvalue weighted by atomic mass is 10.1. The minimum absolute atomic E-state index is 0.620. The third-order valence-electron chi connectivity index (χ3n) is 7.64. The van der Waals surface area contributed by atoms with E-state index >= 15 is 0 Å². The molecule has 6 heteroatoms. The van der Waals surface area contributed by atoms with Crippen LogP contribution in [-0.4, -0.2) is 19.1 Å². The topological polar surface area (TPSA) is 68.7 Å². The van der Waals surface area contributed by atoms with Crippen LogP contribution in [0.2, 0.25) is 0 Å². The minimum Gasteiger partial charge on any atom is -0.457 e. The molecule has 6 nitrogen and oxygen atoms in total. The average molecular weight is 546 g/mol. The quantitative estimate of drug-likeness (QED) is 0.217.